The molecule has 108 valence electrons. The van der Waals surface area contributed by atoms with Gasteiger partial charge in [0.25, 0.3) is 0 Å². The van der Waals surface area contributed by atoms with Crippen LogP contribution in [-0.4, -0.2) is 8.42 Å². The Morgan fingerprint density at radius 2 is 1.76 bits per heavy atom. The van der Waals surface area contributed by atoms with Crippen molar-refractivity contribution in [3.8, 4) is 11.8 Å². The molecule has 2 rings (SSSR count). The molecule has 0 fully saturated rings. The van der Waals surface area contributed by atoms with E-state index in [4.69, 9.17) is 16.9 Å². The normalized spacial score (nSPS) is 11.0. The summed E-state index contributed by atoms with van der Waals surface area (Å²) < 4.78 is 55.5. The second-order valence-corrected chi connectivity index (χ2v) is 5.74. The second kappa shape index (κ2) is 5.68. The van der Waals surface area contributed by atoms with E-state index >= 15 is 0 Å². The Kier molecular flexibility index (Phi) is 4.11. The predicted molar refractivity (Wildman–Crippen MR) is 70.3 cm³/mol. The highest BCUT2D eigenvalue weighted by molar-refractivity contribution is 7.87. The van der Waals surface area contributed by atoms with Crippen molar-refractivity contribution in [2.75, 3.05) is 0 Å². The fourth-order valence-electron chi connectivity index (χ4n) is 1.52. The Labute approximate surface area is 124 Å². The molecule has 4 nitrogen and oxygen atoms in total. The Morgan fingerprint density at radius 3 is 2.29 bits per heavy atom. The van der Waals surface area contributed by atoms with Crippen molar-refractivity contribution in [3.05, 3.63) is 58.6 Å². The summed E-state index contributed by atoms with van der Waals surface area (Å²) in [4.78, 5) is -1.20. The number of nitrogens with zero attached hydrogens (tertiary/aromatic N) is 1. The number of rotatable bonds is 3. The van der Waals surface area contributed by atoms with Gasteiger partial charge in [0.2, 0.25) is 0 Å². The standard InChI is InChI=1S/C13H6ClF2NO3S/c14-9-6-8(7-17)4-5-12(9)20-21(18,19)13-10(15)2-1-3-11(13)16/h1-6H. The minimum absolute atomic E-state index is 0.172. The fraction of sp³-hybridized carbons (Fsp3) is 0. The molecule has 21 heavy (non-hydrogen) atoms. The maximum atomic E-state index is 13.5. The van der Waals surface area contributed by atoms with Gasteiger partial charge in [0.15, 0.2) is 10.6 Å². The van der Waals surface area contributed by atoms with Gasteiger partial charge in [-0.25, -0.2) is 8.78 Å². The molecule has 0 bridgehead atoms. The fourth-order valence-corrected chi connectivity index (χ4v) is 2.86. The first kappa shape index (κ1) is 15.2. The zero-order valence-electron chi connectivity index (χ0n) is 10.2. The summed E-state index contributed by atoms with van der Waals surface area (Å²) in [6.07, 6.45) is 0. The Bertz CT molecular complexity index is 827. The minimum atomic E-state index is -4.73. The van der Waals surface area contributed by atoms with Crippen LogP contribution in [-0.2, 0) is 10.1 Å². The Hall–Kier alpha value is -2.17. The summed E-state index contributed by atoms with van der Waals surface area (Å²) in [6.45, 7) is 0. The largest absolute Gasteiger partial charge is 0.377 e. The molecule has 0 saturated carbocycles. The van der Waals surface area contributed by atoms with Gasteiger partial charge in [-0.2, -0.15) is 13.7 Å². The highest BCUT2D eigenvalue weighted by Gasteiger charge is 2.26. The number of hydrogen-bond acceptors (Lipinski definition) is 4. The van der Waals surface area contributed by atoms with Crippen molar-refractivity contribution in [2.45, 2.75) is 4.90 Å². The molecule has 0 heterocycles. The molecule has 0 aliphatic heterocycles. The van der Waals surface area contributed by atoms with Gasteiger partial charge in [0, 0.05) is 0 Å². The van der Waals surface area contributed by atoms with Gasteiger partial charge in [-0.05, 0) is 30.3 Å². The highest BCUT2D eigenvalue weighted by atomic mass is 35.5. The number of hydrogen-bond donors (Lipinski definition) is 0. The van der Waals surface area contributed by atoms with E-state index < -0.39 is 26.6 Å². The van der Waals surface area contributed by atoms with Crippen LogP contribution in [0.2, 0.25) is 5.02 Å². The zero-order valence-corrected chi connectivity index (χ0v) is 11.8. The van der Waals surface area contributed by atoms with E-state index in [1.807, 2.05) is 0 Å². The van der Waals surface area contributed by atoms with E-state index in [-0.39, 0.29) is 16.3 Å². The smallest absolute Gasteiger partial charge is 0.345 e. The number of halogens is 3. The van der Waals surface area contributed by atoms with Gasteiger partial charge in [0.05, 0.1) is 16.7 Å². The van der Waals surface area contributed by atoms with Crippen molar-refractivity contribution in [1.82, 2.24) is 0 Å². The molecule has 0 atom stereocenters. The Balaban J connectivity index is 2.46. The third-order valence-electron chi connectivity index (χ3n) is 2.43. The summed E-state index contributed by atoms with van der Waals surface area (Å²) in [7, 11) is -4.73. The van der Waals surface area contributed by atoms with E-state index in [0.717, 1.165) is 24.3 Å². The first-order valence-corrected chi connectivity index (χ1v) is 7.22. The minimum Gasteiger partial charge on any atom is -0.377 e. The maximum Gasteiger partial charge on any atom is 0.345 e. The Morgan fingerprint density at radius 1 is 1.14 bits per heavy atom. The average Bonchev–Trinajstić information content (AvgIpc) is 2.40. The summed E-state index contributed by atoms with van der Waals surface area (Å²) in [5.41, 5.74) is 0.182. The van der Waals surface area contributed by atoms with E-state index in [1.165, 1.54) is 12.1 Å². The first-order valence-electron chi connectivity index (χ1n) is 5.43. The topological polar surface area (TPSA) is 67.2 Å². The zero-order chi connectivity index (χ0) is 15.6. The number of nitriles is 1. The first-order chi connectivity index (χ1) is 9.85. The van der Waals surface area contributed by atoms with E-state index in [2.05, 4.69) is 4.18 Å². The van der Waals surface area contributed by atoms with Gasteiger partial charge in [-0.1, -0.05) is 17.7 Å². The highest BCUT2D eigenvalue weighted by Crippen LogP contribution is 2.29. The summed E-state index contributed by atoms with van der Waals surface area (Å²) in [5, 5.41) is 8.50. The lowest BCUT2D eigenvalue weighted by atomic mass is 10.2. The van der Waals surface area contributed by atoms with E-state index in [1.54, 1.807) is 6.07 Å². The van der Waals surface area contributed by atoms with Crippen molar-refractivity contribution < 1.29 is 21.4 Å². The van der Waals surface area contributed by atoms with Gasteiger partial charge in [-0.15, -0.1) is 0 Å². The van der Waals surface area contributed by atoms with Crippen LogP contribution >= 0.6 is 11.6 Å². The molecule has 2 aromatic rings. The lowest BCUT2D eigenvalue weighted by Crippen LogP contribution is -2.14. The lowest BCUT2D eigenvalue weighted by molar-refractivity contribution is 0.460. The molecule has 0 aromatic heterocycles. The average molecular weight is 330 g/mol. The van der Waals surface area contributed by atoms with E-state index in [9.17, 15) is 17.2 Å². The molecule has 0 unspecified atom stereocenters. The van der Waals surface area contributed by atoms with Gasteiger partial charge >= 0.3 is 10.1 Å². The van der Waals surface area contributed by atoms with Crippen molar-refractivity contribution in [1.29, 1.82) is 5.26 Å². The van der Waals surface area contributed by atoms with Crippen LogP contribution < -0.4 is 4.18 Å². The van der Waals surface area contributed by atoms with Crippen molar-refractivity contribution in [3.63, 3.8) is 0 Å². The van der Waals surface area contributed by atoms with Gasteiger partial charge in [-0.3, -0.25) is 0 Å². The quantitative estimate of drug-likeness (QED) is 0.811. The number of benzene rings is 2. The summed E-state index contributed by atoms with van der Waals surface area (Å²) >= 11 is 5.75. The monoisotopic (exact) mass is 329 g/mol. The van der Waals surface area contributed by atoms with Crippen LogP contribution in [0.4, 0.5) is 8.78 Å². The SMILES string of the molecule is N#Cc1ccc(OS(=O)(=O)c2c(F)cccc2F)c(Cl)c1. The molecule has 0 radical (unpaired) electrons. The molecular formula is C13H6ClF2NO3S. The predicted octanol–water partition coefficient (Wildman–Crippen LogP) is 3.26. The van der Waals surface area contributed by atoms with Gasteiger partial charge < -0.3 is 4.18 Å². The van der Waals surface area contributed by atoms with Gasteiger partial charge in [0.1, 0.15) is 11.6 Å². The third-order valence-corrected chi connectivity index (χ3v) is 4.01. The molecule has 0 spiro atoms. The second-order valence-electron chi connectivity index (χ2n) is 3.85. The molecule has 0 saturated heterocycles. The molecule has 0 aliphatic carbocycles. The summed E-state index contributed by atoms with van der Waals surface area (Å²) in [6, 6.07) is 7.96. The van der Waals surface area contributed by atoms with Crippen LogP contribution in [0, 0.1) is 23.0 Å². The summed E-state index contributed by atoms with van der Waals surface area (Å²) in [5.74, 6) is -2.89. The van der Waals surface area contributed by atoms with Crippen LogP contribution in [0.15, 0.2) is 41.3 Å². The molecule has 0 amide bonds. The molecule has 8 heteroatoms. The maximum absolute atomic E-state index is 13.5. The van der Waals surface area contributed by atoms with Crippen LogP contribution in [0.1, 0.15) is 5.56 Å². The van der Waals surface area contributed by atoms with Crippen LogP contribution in [0.3, 0.4) is 0 Å². The third kappa shape index (κ3) is 3.12. The molecule has 2 aromatic carbocycles. The van der Waals surface area contributed by atoms with Crippen molar-refractivity contribution >= 4 is 21.7 Å². The molecule has 0 aliphatic rings. The van der Waals surface area contributed by atoms with Crippen molar-refractivity contribution in [2.24, 2.45) is 0 Å². The molecular weight excluding hydrogens is 324 g/mol. The molecule has 0 N–H and O–H groups in total. The van der Waals surface area contributed by atoms with E-state index in [0.29, 0.717) is 0 Å². The van der Waals surface area contributed by atoms with Crippen LogP contribution in [0.25, 0.3) is 0 Å². The van der Waals surface area contributed by atoms with Crippen LogP contribution in [0.5, 0.6) is 5.75 Å². The lowest BCUT2D eigenvalue weighted by Gasteiger charge is -2.09.